The Kier molecular flexibility index (Phi) is 8.61. The van der Waals surface area contributed by atoms with E-state index in [1.807, 2.05) is 45.0 Å². The van der Waals surface area contributed by atoms with E-state index in [1.54, 1.807) is 12.1 Å². The standard InChI is InChI=1S/C22H31N3O2S2/c1-5-15-24(17-19-11-9-8-10-12-19)22(28)23-21-16-20(14-13-18(21)4)29(26,27)25(6-2)7-3/h8-14,16H,5-7,15,17H2,1-4H3,(H,23,28). The van der Waals surface area contributed by atoms with Gasteiger partial charge in [0.15, 0.2) is 5.11 Å². The Balaban J connectivity index is 2.26. The fraction of sp³-hybridized carbons (Fsp3) is 0.409. The Morgan fingerprint density at radius 3 is 2.28 bits per heavy atom. The van der Waals surface area contributed by atoms with Gasteiger partial charge in [0.25, 0.3) is 0 Å². The molecule has 0 atom stereocenters. The van der Waals surface area contributed by atoms with Gasteiger partial charge in [-0.1, -0.05) is 57.2 Å². The Hall–Kier alpha value is -1.96. The molecule has 2 aromatic carbocycles. The molecule has 0 spiro atoms. The molecular formula is C22H31N3O2S2. The van der Waals surface area contributed by atoms with Gasteiger partial charge in [-0.05, 0) is 48.8 Å². The number of sulfonamides is 1. The van der Waals surface area contributed by atoms with Gasteiger partial charge in [0.05, 0.1) is 4.90 Å². The van der Waals surface area contributed by atoms with Gasteiger partial charge in [-0.3, -0.25) is 0 Å². The third-order valence-electron chi connectivity index (χ3n) is 4.79. The van der Waals surface area contributed by atoms with Gasteiger partial charge in [-0.2, -0.15) is 4.31 Å². The summed E-state index contributed by atoms with van der Waals surface area (Å²) < 4.78 is 27.2. The van der Waals surface area contributed by atoms with Crippen LogP contribution in [0.5, 0.6) is 0 Å². The van der Waals surface area contributed by atoms with E-state index >= 15 is 0 Å². The number of hydrogen-bond acceptors (Lipinski definition) is 3. The number of thiocarbonyl (C=S) groups is 1. The third kappa shape index (κ3) is 6.01. The van der Waals surface area contributed by atoms with Crippen molar-refractivity contribution in [3.05, 3.63) is 59.7 Å². The highest BCUT2D eigenvalue weighted by molar-refractivity contribution is 7.89. The molecule has 0 saturated carbocycles. The molecule has 0 heterocycles. The molecule has 2 aromatic rings. The summed E-state index contributed by atoms with van der Waals surface area (Å²) in [6, 6.07) is 15.3. The van der Waals surface area contributed by atoms with Crippen molar-refractivity contribution in [2.45, 2.75) is 45.6 Å². The molecule has 0 bridgehead atoms. The molecule has 0 radical (unpaired) electrons. The van der Waals surface area contributed by atoms with E-state index in [0.29, 0.717) is 24.7 Å². The molecule has 0 saturated heterocycles. The third-order valence-corrected chi connectivity index (χ3v) is 7.20. The van der Waals surface area contributed by atoms with Crippen LogP contribution >= 0.6 is 12.2 Å². The normalized spacial score (nSPS) is 11.5. The predicted molar refractivity (Wildman–Crippen MR) is 125 cm³/mol. The summed E-state index contributed by atoms with van der Waals surface area (Å²) in [6.45, 7) is 10.1. The molecule has 29 heavy (non-hydrogen) atoms. The van der Waals surface area contributed by atoms with Gasteiger partial charge >= 0.3 is 0 Å². The highest BCUT2D eigenvalue weighted by Gasteiger charge is 2.22. The highest BCUT2D eigenvalue weighted by Crippen LogP contribution is 2.23. The van der Waals surface area contributed by atoms with Crippen LogP contribution in [0.2, 0.25) is 0 Å². The predicted octanol–water partition coefficient (Wildman–Crippen LogP) is 4.63. The first-order chi connectivity index (χ1) is 13.8. The number of hydrogen-bond donors (Lipinski definition) is 1. The molecule has 0 aromatic heterocycles. The number of aryl methyl sites for hydroxylation is 1. The largest absolute Gasteiger partial charge is 0.345 e. The fourth-order valence-corrected chi connectivity index (χ4v) is 4.88. The van der Waals surface area contributed by atoms with E-state index in [9.17, 15) is 8.42 Å². The minimum atomic E-state index is -3.52. The summed E-state index contributed by atoms with van der Waals surface area (Å²) in [5, 5.41) is 3.87. The van der Waals surface area contributed by atoms with Crippen molar-refractivity contribution >= 4 is 33.0 Å². The molecule has 0 fully saturated rings. The van der Waals surface area contributed by atoms with Crippen molar-refractivity contribution in [2.75, 3.05) is 25.0 Å². The van der Waals surface area contributed by atoms with Crippen LogP contribution in [0.25, 0.3) is 0 Å². The lowest BCUT2D eigenvalue weighted by molar-refractivity contribution is 0.418. The molecule has 1 N–H and O–H groups in total. The number of rotatable bonds is 9. The van der Waals surface area contributed by atoms with Crippen molar-refractivity contribution in [2.24, 2.45) is 0 Å². The molecule has 0 unspecified atom stereocenters. The fourth-order valence-electron chi connectivity index (χ4n) is 3.13. The number of nitrogens with one attached hydrogen (secondary N) is 1. The minimum Gasteiger partial charge on any atom is -0.345 e. The number of benzene rings is 2. The topological polar surface area (TPSA) is 52.7 Å². The maximum atomic E-state index is 12.9. The average Bonchev–Trinajstić information content (AvgIpc) is 2.70. The first-order valence-corrected chi connectivity index (χ1v) is 11.9. The molecule has 0 aliphatic rings. The van der Waals surface area contributed by atoms with Crippen molar-refractivity contribution in [3.63, 3.8) is 0 Å². The van der Waals surface area contributed by atoms with Gasteiger partial charge in [0.1, 0.15) is 0 Å². The van der Waals surface area contributed by atoms with Crippen molar-refractivity contribution in [1.82, 2.24) is 9.21 Å². The quantitative estimate of drug-likeness (QED) is 0.584. The second kappa shape index (κ2) is 10.7. The molecule has 7 heteroatoms. The van der Waals surface area contributed by atoms with E-state index in [1.165, 1.54) is 9.87 Å². The summed E-state index contributed by atoms with van der Waals surface area (Å²) in [4.78, 5) is 2.39. The molecule has 2 rings (SSSR count). The van der Waals surface area contributed by atoms with Gasteiger partial charge in [0.2, 0.25) is 10.0 Å². The van der Waals surface area contributed by atoms with Crippen LogP contribution in [0.3, 0.4) is 0 Å². The molecule has 5 nitrogen and oxygen atoms in total. The summed E-state index contributed by atoms with van der Waals surface area (Å²) in [6.07, 6.45) is 0.962. The van der Waals surface area contributed by atoms with Crippen LogP contribution in [-0.4, -0.2) is 42.4 Å². The Morgan fingerprint density at radius 2 is 1.69 bits per heavy atom. The lowest BCUT2D eigenvalue weighted by Gasteiger charge is -2.26. The highest BCUT2D eigenvalue weighted by atomic mass is 32.2. The van der Waals surface area contributed by atoms with Crippen LogP contribution < -0.4 is 5.32 Å². The second-order valence-corrected chi connectivity index (χ2v) is 9.23. The maximum Gasteiger partial charge on any atom is 0.243 e. The molecule has 0 aliphatic heterocycles. The van der Waals surface area contributed by atoms with E-state index in [-0.39, 0.29) is 4.90 Å². The lowest BCUT2D eigenvalue weighted by Crippen LogP contribution is -2.35. The lowest BCUT2D eigenvalue weighted by atomic mass is 10.2. The molecule has 158 valence electrons. The monoisotopic (exact) mass is 433 g/mol. The van der Waals surface area contributed by atoms with Gasteiger partial charge in [-0.25, -0.2) is 8.42 Å². The van der Waals surface area contributed by atoms with Crippen LogP contribution in [0.1, 0.15) is 38.3 Å². The average molecular weight is 434 g/mol. The maximum absolute atomic E-state index is 12.9. The van der Waals surface area contributed by atoms with E-state index < -0.39 is 10.0 Å². The minimum absolute atomic E-state index is 0.280. The first kappa shape index (κ1) is 23.3. The van der Waals surface area contributed by atoms with Gasteiger partial charge in [-0.15, -0.1) is 0 Å². The zero-order valence-corrected chi connectivity index (χ0v) is 19.3. The van der Waals surface area contributed by atoms with Crippen molar-refractivity contribution in [1.29, 1.82) is 0 Å². The summed E-state index contributed by atoms with van der Waals surface area (Å²) >= 11 is 5.67. The van der Waals surface area contributed by atoms with Crippen molar-refractivity contribution in [3.8, 4) is 0 Å². The first-order valence-electron chi connectivity index (χ1n) is 10.0. The summed E-state index contributed by atoms with van der Waals surface area (Å²) in [5.41, 5.74) is 2.85. The van der Waals surface area contributed by atoms with E-state index in [0.717, 1.165) is 24.2 Å². The number of anilines is 1. The zero-order chi connectivity index (χ0) is 21.4. The van der Waals surface area contributed by atoms with E-state index in [4.69, 9.17) is 12.2 Å². The smallest absolute Gasteiger partial charge is 0.243 e. The zero-order valence-electron chi connectivity index (χ0n) is 17.7. The van der Waals surface area contributed by atoms with Crippen LogP contribution in [0.15, 0.2) is 53.4 Å². The molecule has 0 aliphatic carbocycles. The summed E-state index contributed by atoms with van der Waals surface area (Å²) in [5.74, 6) is 0. The Bertz CT molecular complexity index is 911. The molecule has 0 amide bonds. The van der Waals surface area contributed by atoms with Crippen LogP contribution in [0.4, 0.5) is 5.69 Å². The van der Waals surface area contributed by atoms with Gasteiger partial charge < -0.3 is 10.2 Å². The summed E-state index contributed by atoms with van der Waals surface area (Å²) in [7, 11) is -3.52. The number of nitrogens with zero attached hydrogens (tertiary/aromatic N) is 2. The Morgan fingerprint density at radius 1 is 1.03 bits per heavy atom. The van der Waals surface area contributed by atoms with Gasteiger partial charge in [0, 0.05) is 31.9 Å². The van der Waals surface area contributed by atoms with Crippen molar-refractivity contribution < 1.29 is 8.42 Å². The second-order valence-electron chi connectivity index (χ2n) is 6.90. The SMILES string of the molecule is CCCN(Cc1ccccc1)C(=S)Nc1cc(S(=O)(=O)N(CC)CC)ccc1C. The molecular weight excluding hydrogens is 402 g/mol. The van der Waals surface area contributed by atoms with Crippen LogP contribution in [-0.2, 0) is 16.6 Å². The van der Waals surface area contributed by atoms with Crippen LogP contribution in [0, 0.1) is 6.92 Å². The van der Waals surface area contributed by atoms with E-state index in [2.05, 4.69) is 29.3 Å². The Labute approximate surface area is 180 Å².